The van der Waals surface area contributed by atoms with Crippen molar-refractivity contribution in [2.45, 2.75) is 39.2 Å². The molecule has 0 bridgehead atoms. The molecule has 1 aromatic heterocycles. The van der Waals surface area contributed by atoms with Gasteiger partial charge in [-0.3, -0.25) is 4.99 Å². The van der Waals surface area contributed by atoms with Gasteiger partial charge in [-0.25, -0.2) is 4.79 Å². The Kier molecular flexibility index (Phi) is 12.0. The number of allylic oxidation sites excluding steroid dienone is 1. The lowest BCUT2D eigenvalue weighted by Crippen LogP contribution is -2.38. The standard InChI is InChI=1S/C18H29N3O3.HI/c1-6-7-8-9-10-11-21(4)18(19-3)20-13-15-12-16(14(2)24-15)17(22)23-5;/h6,12H,1,7-11,13H2,2-5H3,(H,19,20);1H. The van der Waals surface area contributed by atoms with E-state index < -0.39 is 0 Å². The number of ether oxygens (including phenoxy) is 1. The molecule has 0 aliphatic rings. The number of hydrogen-bond donors (Lipinski definition) is 1. The van der Waals surface area contributed by atoms with E-state index in [2.05, 4.69) is 21.8 Å². The minimum atomic E-state index is -0.386. The van der Waals surface area contributed by atoms with E-state index >= 15 is 0 Å². The zero-order valence-corrected chi connectivity index (χ0v) is 18.0. The first kappa shape index (κ1) is 23.5. The minimum absolute atomic E-state index is 0. The zero-order chi connectivity index (χ0) is 17.9. The van der Waals surface area contributed by atoms with Crippen molar-refractivity contribution in [2.75, 3.05) is 27.7 Å². The maximum atomic E-state index is 11.6. The van der Waals surface area contributed by atoms with Crippen LogP contribution in [0.25, 0.3) is 0 Å². The molecule has 1 aromatic rings. The molecule has 0 saturated heterocycles. The number of carbonyl (C=O) groups is 1. The highest BCUT2D eigenvalue weighted by Gasteiger charge is 2.15. The van der Waals surface area contributed by atoms with Crippen LogP contribution >= 0.6 is 24.0 Å². The number of unbranched alkanes of at least 4 members (excludes halogenated alkanes) is 3. The number of nitrogens with one attached hydrogen (secondary N) is 1. The van der Waals surface area contributed by atoms with Crippen molar-refractivity contribution >= 4 is 35.9 Å². The molecule has 1 rings (SSSR count). The first-order chi connectivity index (χ1) is 11.5. The summed E-state index contributed by atoms with van der Waals surface area (Å²) in [6.45, 7) is 6.88. The highest BCUT2D eigenvalue weighted by Crippen LogP contribution is 2.15. The number of aliphatic imine (C=N–C) groups is 1. The second-order valence-electron chi connectivity index (χ2n) is 5.63. The van der Waals surface area contributed by atoms with Crippen molar-refractivity contribution in [3.05, 3.63) is 35.8 Å². The summed E-state index contributed by atoms with van der Waals surface area (Å²) in [7, 11) is 5.12. The third-order valence-corrected chi connectivity index (χ3v) is 3.77. The number of rotatable bonds is 9. The Bertz CT molecular complexity index is 570. The summed E-state index contributed by atoms with van der Waals surface area (Å²) in [5, 5.41) is 3.25. The Hall–Kier alpha value is -1.51. The molecule has 1 N–H and O–H groups in total. The van der Waals surface area contributed by atoms with Gasteiger partial charge >= 0.3 is 5.97 Å². The maximum Gasteiger partial charge on any atom is 0.341 e. The summed E-state index contributed by atoms with van der Waals surface area (Å²) >= 11 is 0. The highest BCUT2D eigenvalue weighted by molar-refractivity contribution is 14.0. The Balaban J connectivity index is 0.00000576. The monoisotopic (exact) mass is 463 g/mol. The molecule has 0 aromatic carbocycles. The van der Waals surface area contributed by atoms with E-state index in [1.165, 1.54) is 20.0 Å². The van der Waals surface area contributed by atoms with Crippen molar-refractivity contribution in [3.8, 4) is 0 Å². The number of carbonyl (C=O) groups excluding carboxylic acids is 1. The van der Waals surface area contributed by atoms with Crippen LogP contribution in [0.5, 0.6) is 0 Å². The molecule has 0 aliphatic heterocycles. The second kappa shape index (κ2) is 12.8. The number of esters is 1. The number of methoxy groups -OCH3 is 1. The van der Waals surface area contributed by atoms with Crippen molar-refractivity contribution in [3.63, 3.8) is 0 Å². The van der Waals surface area contributed by atoms with E-state index in [0.717, 1.165) is 25.3 Å². The fraction of sp³-hybridized carbons (Fsp3) is 0.556. The molecule has 0 fully saturated rings. The van der Waals surface area contributed by atoms with Crippen molar-refractivity contribution in [2.24, 2.45) is 4.99 Å². The van der Waals surface area contributed by atoms with E-state index in [1.807, 2.05) is 13.1 Å². The maximum absolute atomic E-state index is 11.6. The normalized spacial score (nSPS) is 10.8. The Labute approximate surface area is 167 Å². The van der Waals surface area contributed by atoms with Crippen LogP contribution < -0.4 is 5.32 Å². The fourth-order valence-corrected chi connectivity index (χ4v) is 2.41. The first-order valence-corrected chi connectivity index (χ1v) is 8.23. The van der Waals surface area contributed by atoms with Gasteiger partial charge in [0.15, 0.2) is 5.96 Å². The quantitative estimate of drug-likeness (QED) is 0.151. The van der Waals surface area contributed by atoms with E-state index in [1.54, 1.807) is 20.0 Å². The number of furan rings is 1. The minimum Gasteiger partial charge on any atom is -0.465 e. The summed E-state index contributed by atoms with van der Waals surface area (Å²) in [5.41, 5.74) is 0.458. The molecule has 0 atom stereocenters. The highest BCUT2D eigenvalue weighted by atomic mass is 127. The molecule has 0 amide bonds. The van der Waals surface area contributed by atoms with Gasteiger partial charge in [0.2, 0.25) is 0 Å². The molecular formula is C18H30IN3O3. The SMILES string of the molecule is C=CCCCCCN(C)C(=NC)NCc1cc(C(=O)OC)c(C)o1.I. The lowest BCUT2D eigenvalue weighted by atomic mass is 10.2. The summed E-state index contributed by atoms with van der Waals surface area (Å²) in [4.78, 5) is 18.0. The second-order valence-corrected chi connectivity index (χ2v) is 5.63. The molecule has 6 nitrogen and oxygen atoms in total. The molecule has 1 heterocycles. The smallest absolute Gasteiger partial charge is 0.341 e. The molecule has 0 unspecified atom stereocenters. The van der Waals surface area contributed by atoms with Gasteiger partial charge in [0.05, 0.1) is 13.7 Å². The van der Waals surface area contributed by atoms with Crippen LogP contribution in [0.2, 0.25) is 0 Å². The molecule has 0 spiro atoms. The Morgan fingerprint density at radius 2 is 2.16 bits per heavy atom. The van der Waals surface area contributed by atoms with E-state index in [0.29, 0.717) is 23.6 Å². The van der Waals surface area contributed by atoms with Gasteiger partial charge in [-0.15, -0.1) is 30.6 Å². The molecule has 0 radical (unpaired) electrons. The predicted octanol–water partition coefficient (Wildman–Crippen LogP) is 3.75. The van der Waals surface area contributed by atoms with Gasteiger partial charge in [-0.2, -0.15) is 0 Å². The number of halogens is 1. The van der Waals surface area contributed by atoms with Gasteiger partial charge in [-0.05, 0) is 32.3 Å². The van der Waals surface area contributed by atoms with Crippen LogP contribution in [0.3, 0.4) is 0 Å². The molecule has 0 saturated carbocycles. The Morgan fingerprint density at radius 3 is 2.76 bits per heavy atom. The van der Waals surface area contributed by atoms with Crippen LogP contribution in [0.4, 0.5) is 0 Å². The summed E-state index contributed by atoms with van der Waals surface area (Å²) in [6, 6.07) is 1.71. The van der Waals surface area contributed by atoms with Gasteiger partial charge in [-0.1, -0.05) is 12.5 Å². The number of hydrogen-bond acceptors (Lipinski definition) is 4. The predicted molar refractivity (Wildman–Crippen MR) is 112 cm³/mol. The van der Waals surface area contributed by atoms with Gasteiger partial charge < -0.3 is 19.4 Å². The molecular weight excluding hydrogens is 433 g/mol. The van der Waals surface area contributed by atoms with Gasteiger partial charge in [0.1, 0.15) is 17.1 Å². The van der Waals surface area contributed by atoms with Crippen LogP contribution in [0.1, 0.15) is 47.6 Å². The van der Waals surface area contributed by atoms with Crippen molar-refractivity contribution < 1.29 is 13.9 Å². The van der Waals surface area contributed by atoms with E-state index in [-0.39, 0.29) is 29.9 Å². The van der Waals surface area contributed by atoms with Crippen LogP contribution in [0.15, 0.2) is 28.1 Å². The van der Waals surface area contributed by atoms with Crippen LogP contribution in [-0.4, -0.2) is 44.6 Å². The molecule has 25 heavy (non-hydrogen) atoms. The Morgan fingerprint density at radius 1 is 1.44 bits per heavy atom. The third-order valence-electron chi connectivity index (χ3n) is 3.77. The van der Waals surface area contributed by atoms with Crippen molar-refractivity contribution in [1.29, 1.82) is 0 Å². The van der Waals surface area contributed by atoms with Gasteiger partial charge in [0, 0.05) is 20.6 Å². The van der Waals surface area contributed by atoms with Crippen LogP contribution in [-0.2, 0) is 11.3 Å². The molecule has 0 aliphatic carbocycles. The first-order valence-electron chi connectivity index (χ1n) is 8.23. The number of aryl methyl sites for hydroxylation is 1. The fourth-order valence-electron chi connectivity index (χ4n) is 2.41. The number of nitrogens with zero attached hydrogens (tertiary/aromatic N) is 2. The largest absolute Gasteiger partial charge is 0.465 e. The zero-order valence-electron chi connectivity index (χ0n) is 15.6. The lowest BCUT2D eigenvalue weighted by molar-refractivity contribution is 0.0599. The lowest BCUT2D eigenvalue weighted by Gasteiger charge is -2.21. The van der Waals surface area contributed by atoms with Crippen LogP contribution in [0, 0.1) is 6.92 Å². The molecule has 7 heteroatoms. The van der Waals surface area contributed by atoms with E-state index in [4.69, 9.17) is 9.15 Å². The third kappa shape index (κ3) is 7.94. The summed E-state index contributed by atoms with van der Waals surface area (Å²) < 4.78 is 10.3. The topological polar surface area (TPSA) is 67.1 Å². The summed E-state index contributed by atoms with van der Waals surface area (Å²) in [6.07, 6.45) is 6.48. The van der Waals surface area contributed by atoms with E-state index in [9.17, 15) is 4.79 Å². The van der Waals surface area contributed by atoms with Gasteiger partial charge in [0.25, 0.3) is 0 Å². The average Bonchev–Trinajstić information content (AvgIpc) is 2.95. The summed E-state index contributed by atoms with van der Waals surface area (Å²) in [5.74, 6) is 1.65. The van der Waals surface area contributed by atoms with Crippen molar-refractivity contribution in [1.82, 2.24) is 10.2 Å². The average molecular weight is 463 g/mol. The molecule has 142 valence electrons. The number of guanidine groups is 1.